The molecule has 0 saturated carbocycles. The minimum Gasteiger partial charge on any atom is -0.329 e. The van der Waals surface area contributed by atoms with E-state index in [2.05, 4.69) is 70.3 Å². The molecule has 0 heterocycles. The van der Waals surface area contributed by atoms with E-state index in [1.54, 1.807) is 0 Å². The Labute approximate surface area is 125 Å². The molecule has 0 aliphatic carbocycles. The van der Waals surface area contributed by atoms with Crippen LogP contribution in [-0.4, -0.2) is 18.6 Å². The number of rotatable bonds is 8. The normalized spacial score (nSPS) is 15.1. The van der Waals surface area contributed by atoms with Gasteiger partial charge in [-0.05, 0) is 43.2 Å². The Bertz CT molecular complexity index is 364. The Hall–Kier alpha value is -0.860. The van der Waals surface area contributed by atoms with Crippen LogP contribution >= 0.6 is 0 Å². The molecule has 1 rings (SSSR count). The summed E-state index contributed by atoms with van der Waals surface area (Å²) in [6.07, 6.45) is 0.979. The Morgan fingerprint density at radius 3 is 2.05 bits per heavy atom. The second kappa shape index (κ2) is 7.80. The molecule has 0 aliphatic rings. The van der Waals surface area contributed by atoms with Crippen molar-refractivity contribution in [2.24, 2.45) is 23.5 Å². The molecule has 0 spiro atoms. The maximum atomic E-state index is 6.03. The molecular weight excluding hydrogens is 244 g/mol. The molecule has 3 N–H and O–H groups in total. The van der Waals surface area contributed by atoms with Crippen molar-refractivity contribution < 1.29 is 0 Å². The number of hydrogen-bond acceptors (Lipinski definition) is 2. The molecule has 114 valence electrons. The fourth-order valence-electron chi connectivity index (χ4n) is 2.86. The SMILES string of the molecule is CC(C)C(CNC(C)(CN)Cc1ccccc1)C(C)C. The van der Waals surface area contributed by atoms with Crippen LogP contribution in [-0.2, 0) is 6.42 Å². The molecule has 20 heavy (non-hydrogen) atoms. The predicted octanol–water partition coefficient (Wildman–Crippen LogP) is 3.46. The molecule has 0 bridgehead atoms. The van der Waals surface area contributed by atoms with Crippen molar-refractivity contribution >= 4 is 0 Å². The predicted molar refractivity (Wildman–Crippen MR) is 88.8 cm³/mol. The summed E-state index contributed by atoms with van der Waals surface area (Å²) in [4.78, 5) is 0. The second-order valence-electron chi connectivity index (χ2n) is 6.96. The lowest BCUT2D eigenvalue weighted by atomic mass is 9.84. The Kier molecular flexibility index (Phi) is 6.70. The monoisotopic (exact) mass is 276 g/mol. The first kappa shape index (κ1) is 17.2. The molecule has 1 aromatic rings. The zero-order valence-electron chi connectivity index (χ0n) is 13.8. The summed E-state index contributed by atoms with van der Waals surface area (Å²) in [6, 6.07) is 10.6. The van der Waals surface area contributed by atoms with Gasteiger partial charge in [0.05, 0.1) is 0 Å². The highest BCUT2D eigenvalue weighted by atomic mass is 15.0. The van der Waals surface area contributed by atoms with Gasteiger partial charge in [0.2, 0.25) is 0 Å². The minimum absolute atomic E-state index is 0.0244. The maximum absolute atomic E-state index is 6.03. The third-order valence-electron chi connectivity index (χ3n) is 4.36. The number of benzene rings is 1. The molecule has 2 nitrogen and oxygen atoms in total. The van der Waals surface area contributed by atoms with Crippen molar-refractivity contribution in [2.45, 2.75) is 46.6 Å². The number of nitrogens with one attached hydrogen (secondary N) is 1. The molecule has 0 radical (unpaired) electrons. The number of nitrogens with two attached hydrogens (primary N) is 1. The molecule has 1 unspecified atom stereocenters. The summed E-state index contributed by atoms with van der Waals surface area (Å²) in [6.45, 7) is 13.2. The van der Waals surface area contributed by atoms with Crippen molar-refractivity contribution in [3.8, 4) is 0 Å². The third kappa shape index (κ3) is 5.26. The van der Waals surface area contributed by atoms with E-state index in [0.717, 1.165) is 13.0 Å². The van der Waals surface area contributed by atoms with Gasteiger partial charge < -0.3 is 11.1 Å². The van der Waals surface area contributed by atoms with Gasteiger partial charge >= 0.3 is 0 Å². The van der Waals surface area contributed by atoms with Crippen molar-refractivity contribution in [1.29, 1.82) is 0 Å². The maximum Gasteiger partial charge on any atom is 0.0316 e. The van der Waals surface area contributed by atoms with Gasteiger partial charge in [-0.25, -0.2) is 0 Å². The zero-order valence-corrected chi connectivity index (χ0v) is 13.8. The molecule has 0 amide bonds. The van der Waals surface area contributed by atoms with Crippen molar-refractivity contribution in [3.05, 3.63) is 35.9 Å². The van der Waals surface area contributed by atoms with Crippen LogP contribution < -0.4 is 11.1 Å². The molecular formula is C18H32N2. The van der Waals surface area contributed by atoms with E-state index >= 15 is 0 Å². The fraction of sp³-hybridized carbons (Fsp3) is 0.667. The largest absolute Gasteiger partial charge is 0.329 e. The smallest absolute Gasteiger partial charge is 0.0316 e. The molecule has 0 aliphatic heterocycles. The Morgan fingerprint density at radius 2 is 1.60 bits per heavy atom. The molecule has 0 aromatic heterocycles. The number of hydrogen-bond donors (Lipinski definition) is 2. The Balaban J connectivity index is 2.65. The van der Waals surface area contributed by atoms with E-state index in [0.29, 0.717) is 24.3 Å². The van der Waals surface area contributed by atoms with Crippen LogP contribution in [0.4, 0.5) is 0 Å². The van der Waals surface area contributed by atoms with Crippen LogP contribution in [0, 0.1) is 17.8 Å². The van der Waals surface area contributed by atoms with Gasteiger partial charge in [-0.2, -0.15) is 0 Å². The topological polar surface area (TPSA) is 38.0 Å². The fourth-order valence-corrected chi connectivity index (χ4v) is 2.86. The van der Waals surface area contributed by atoms with Crippen molar-refractivity contribution in [3.63, 3.8) is 0 Å². The van der Waals surface area contributed by atoms with E-state index in [1.165, 1.54) is 5.56 Å². The van der Waals surface area contributed by atoms with Crippen molar-refractivity contribution in [1.82, 2.24) is 5.32 Å². The van der Waals surface area contributed by atoms with Crippen LogP contribution in [0.1, 0.15) is 40.2 Å². The van der Waals surface area contributed by atoms with Crippen LogP contribution in [0.2, 0.25) is 0 Å². The van der Waals surface area contributed by atoms with E-state index < -0.39 is 0 Å². The summed E-state index contributed by atoms with van der Waals surface area (Å²) in [5.74, 6) is 2.08. The molecule has 0 fully saturated rings. The highest BCUT2D eigenvalue weighted by Gasteiger charge is 2.25. The lowest BCUT2D eigenvalue weighted by Gasteiger charge is -2.34. The highest BCUT2D eigenvalue weighted by Crippen LogP contribution is 2.21. The lowest BCUT2D eigenvalue weighted by molar-refractivity contribution is 0.238. The molecule has 0 saturated heterocycles. The minimum atomic E-state index is -0.0244. The average molecular weight is 276 g/mol. The standard InChI is InChI=1S/C18H32N2/c1-14(2)17(15(3)4)12-20-18(5,13-19)11-16-9-7-6-8-10-16/h6-10,14-15,17,20H,11-13,19H2,1-5H3. The summed E-state index contributed by atoms with van der Waals surface area (Å²) in [5, 5.41) is 3.73. The first-order chi connectivity index (χ1) is 9.38. The average Bonchev–Trinajstić information content (AvgIpc) is 2.39. The lowest BCUT2D eigenvalue weighted by Crippen LogP contribution is -2.52. The van der Waals surface area contributed by atoms with Crippen LogP contribution in [0.15, 0.2) is 30.3 Å². The second-order valence-corrected chi connectivity index (χ2v) is 6.96. The van der Waals surface area contributed by atoms with Crippen LogP contribution in [0.5, 0.6) is 0 Å². The first-order valence-electron chi connectivity index (χ1n) is 7.87. The Morgan fingerprint density at radius 1 is 1.05 bits per heavy atom. The van der Waals surface area contributed by atoms with Gasteiger partial charge in [-0.15, -0.1) is 0 Å². The first-order valence-corrected chi connectivity index (χ1v) is 7.87. The van der Waals surface area contributed by atoms with Gasteiger partial charge in [0.1, 0.15) is 0 Å². The summed E-state index contributed by atoms with van der Waals surface area (Å²) < 4.78 is 0. The molecule has 1 aromatic carbocycles. The highest BCUT2D eigenvalue weighted by molar-refractivity contribution is 5.17. The van der Waals surface area contributed by atoms with Gasteiger partial charge in [0.25, 0.3) is 0 Å². The van der Waals surface area contributed by atoms with Gasteiger partial charge in [0.15, 0.2) is 0 Å². The van der Waals surface area contributed by atoms with Crippen LogP contribution in [0.3, 0.4) is 0 Å². The van der Waals surface area contributed by atoms with Crippen LogP contribution in [0.25, 0.3) is 0 Å². The zero-order chi connectivity index (χ0) is 15.2. The summed E-state index contributed by atoms with van der Waals surface area (Å²) in [7, 11) is 0. The quantitative estimate of drug-likeness (QED) is 0.763. The molecule has 1 atom stereocenters. The van der Waals surface area contributed by atoms with Gasteiger partial charge in [0, 0.05) is 12.1 Å². The van der Waals surface area contributed by atoms with Gasteiger partial charge in [-0.3, -0.25) is 0 Å². The third-order valence-corrected chi connectivity index (χ3v) is 4.36. The summed E-state index contributed by atoms with van der Waals surface area (Å²) >= 11 is 0. The van der Waals surface area contributed by atoms with E-state index in [1.807, 2.05) is 0 Å². The van der Waals surface area contributed by atoms with E-state index in [-0.39, 0.29) is 5.54 Å². The van der Waals surface area contributed by atoms with E-state index in [4.69, 9.17) is 5.73 Å². The molecule has 2 heteroatoms. The van der Waals surface area contributed by atoms with Gasteiger partial charge in [-0.1, -0.05) is 58.0 Å². The van der Waals surface area contributed by atoms with E-state index in [9.17, 15) is 0 Å². The van der Waals surface area contributed by atoms with Crippen molar-refractivity contribution in [2.75, 3.05) is 13.1 Å². The summed E-state index contributed by atoms with van der Waals surface area (Å²) in [5.41, 5.74) is 7.35.